The minimum Gasteiger partial charge on any atom is -0.396 e. The first-order chi connectivity index (χ1) is 9.19. The molecule has 0 saturated carbocycles. The van der Waals surface area contributed by atoms with Gasteiger partial charge in [-0.25, -0.2) is 0 Å². The Labute approximate surface area is 117 Å². The summed E-state index contributed by atoms with van der Waals surface area (Å²) in [6.07, 6.45) is 3.03. The quantitative estimate of drug-likeness (QED) is 0.601. The maximum atomic E-state index is 8.73. The van der Waals surface area contributed by atoms with Gasteiger partial charge in [0.05, 0.1) is 0 Å². The van der Waals surface area contributed by atoms with Gasteiger partial charge < -0.3 is 16.2 Å². The Bertz CT molecular complexity index is 335. The molecular weight excluding hydrogens is 236 g/mol. The third-order valence-corrected chi connectivity index (χ3v) is 3.47. The van der Waals surface area contributed by atoms with Gasteiger partial charge in [-0.2, -0.15) is 0 Å². The van der Waals surface area contributed by atoms with Crippen molar-refractivity contribution in [3.05, 3.63) is 35.4 Å². The molecule has 0 heterocycles. The highest BCUT2D eigenvalue weighted by Gasteiger charge is 2.08. The van der Waals surface area contributed by atoms with Crippen molar-refractivity contribution in [2.45, 2.75) is 45.1 Å². The van der Waals surface area contributed by atoms with Crippen molar-refractivity contribution in [2.24, 2.45) is 5.73 Å². The second kappa shape index (κ2) is 9.08. The fourth-order valence-electron chi connectivity index (χ4n) is 2.14. The minimum absolute atomic E-state index is 0.232. The molecule has 3 nitrogen and oxygen atoms in total. The summed E-state index contributed by atoms with van der Waals surface area (Å²) in [6, 6.07) is 8.96. The Kier molecular flexibility index (Phi) is 7.72. The second-order valence-corrected chi connectivity index (χ2v) is 5.35. The maximum Gasteiger partial charge on any atom is 0.0444 e. The average Bonchev–Trinajstić information content (AvgIpc) is 2.43. The number of aliphatic hydroxyl groups is 1. The smallest absolute Gasteiger partial charge is 0.0444 e. The predicted molar refractivity (Wildman–Crippen MR) is 81.3 cm³/mol. The van der Waals surface area contributed by atoms with Crippen molar-refractivity contribution in [3.8, 4) is 0 Å². The summed E-state index contributed by atoms with van der Waals surface area (Å²) < 4.78 is 0. The third-order valence-electron chi connectivity index (χ3n) is 3.47. The van der Waals surface area contributed by atoms with Crippen molar-refractivity contribution < 1.29 is 5.11 Å². The van der Waals surface area contributed by atoms with E-state index in [0.717, 1.165) is 25.8 Å². The van der Waals surface area contributed by atoms with Gasteiger partial charge in [0.2, 0.25) is 0 Å². The molecule has 0 fully saturated rings. The van der Waals surface area contributed by atoms with Gasteiger partial charge in [-0.3, -0.25) is 0 Å². The predicted octanol–water partition coefficient (Wildman–Crippen LogP) is 2.56. The zero-order valence-electron chi connectivity index (χ0n) is 12.2. The van der Waals surface area contributed by atoms with Crippen LogP contribution in [0.15, 0.2) is 24.3 Å². The molecule has 4 N–H and O–H groups in total. The number of aliphatic hydroxyl groups excluding tert-OH is 1. The van der Waals surface area contributed by atoms with Gasteiger partial charge in [-0.1, -0.05) is 38.1 Å². The molecular formula is C16H28N2O. The van der Waals surface area contributed by atoms with E-state index in [1.807, 2.05) is 0 Å². The van der Waals surface area contributed by atoms with Gasteiger partial charge in [-0.05, 0) is 42.9 Å². The van der Waals surface area contributed by atoms with Crippen LogP contribution in [0.25, 0.3) is 0 Å². The first-order valence-corrected chi connectivity index (χ1v) is 7.33. The summed E-state index contributed by atoms with van der Waals surface area (Å²) in [4.78, 5) is 0. The highest BCUT2D eigenvalue weighted by molar-refractivity contribution is 5.27. The van der Waals surface area contributed by atoms with Crippen LogP contribution in [0.2, 0.25) is 0 Å². The molecule has 1 unspecified atom stereocenters. The van der Waals surface area contributed by atoms with Crippen molar-refractivity contribution in [1.29, 1.82) is 0 Å². The molecule has 0 bridgehead atoms. The highest BCUT2D eigenvalue weighted by atomic mass is 16.2. The Morgan fingerprint density at radius 2 is 1.68 bits per heavy atom. The Morgan fingerprint density at radius 3 is 2.21 bits per heavy atom. The lowest BCUT2D eigenvalue weighted by molar-refractivity contribution is 0.282. The van der Waals surface area contributed by atoms with Crippen LogP contribution in [0, 0.1) is 0 Å². The minimum atomic E-state index is 0.232. The summed E-state index contributed by atoms with van der Waals surface area (Å²) in [7, 11) is 0. The van der Waals surface area contributed by atoms with E-state index in [-0.39, 0.29) is 12.6 Å². The number of nitrogens with one attached hydrogen (secondary N) is 1. The van der Waals surface area contributed by atoms with E-state index in [4.69, 9.17) is 10.8 Å². The largest absolute Gasteiger partial charge is 0.396 e. The summed E-state index contributed by atoms with van der Waals surface area (Å²) >= 11 is 0. The molecule has 0 aliphatic rings. The van der Waals surface area contributed by atoms with Gasteiger partial charge in [0.15, 0.2) is 0 Å². The standard InChI is InChI=1S/C16H28N2O/c1-13(2)14-6-8-15(9-7-14)16(12-17)18-10-4-3-5-11-19/h6-9,13,16,18-19H,3-5,10-12,17H2,1-2H3. The fraction of sp³-hybridized carbons (Fsp3) is 0.625. The van der Waals surface area contributed by atoms with Crippen LogP contribution >= 0.6 is 0 Å². The molecule has 0 spiro atoms. The number of rotatable bonds is 9. The van der Waals surface area contributed by atoms with Gasteiger partial charge in [0.25, 0.3) is 0 Å². The fourth-order valence-corrected chi connectivity index (χ4v) is 2.14. The molecule has 3 heteroatoms. The maximum absolute atomic E-state index is 8.73. The third kappa shape index (κ3) is 5.72. The van der Waals surface area contributed by atoms with Crippen LogP contribution < -0.4 is 11.1 Å². The van der Waals surface area contributed by atoms with E-state index in [1.54, 1.807) is 0 Å². The van der Waals surface area contributed by atoms with Gasteiger partial charge in [-0.15, -0.1) is 0 Å². The molecule has 0 amide bonds. The molecule has 0 radical (unpaired) electrons. The van der Waals surface area contributed by atoms with Crippen LogP contribution in [0.4, 0.5) is 0 Å². The second-order valence-electron chi connectivity index (χ2n) is 5.35. The van der Waals surface area contributed by atoms with Crippen LogP contribution in [0.5, 0.6) is 0 Å². The van der Waals surface area contributed by atoms with E-state index in [9.17, 15) is 0 Å². The van der Waals surface area contributed by atoms with Crippen molar-refractivity contribution in [1.82, 2.24) is 5.32 Å². The summed E-state index contributed by atoms with van der Waals surface area (Å²) in [6.45, 7) is 6.26. The van der Waals surface area contributed by atoms with Crippen LogP contribution in [-0.2, 0) is 0 Å². The molecule has 19 heavy (non-hydrogen) atoms. The summed E-state index contributed by atoms with van der Waals surface area (Å²) in [5.74, 6) is 0.566. The molecule has 1 rings (SSSR count). The normalized spacial score (nSPS) is 12.9. The van der Waals surface area contributed by atoms with Gasteiger partial charge >= 0.3 is 0 Å². The number of benzene rings is 1. The van der Waals surface area contributed by atoms with Gasteiger partial charge in [0, 0.05) is 19.2 Å². The molecule has 0 aliphatic carbocycles. The van der Waals surface area contributed by atoms with Crippen LogP contribution in [0.1, 0.15) is 56.2 Å². The Hall–Kier alpha value is -0.900. The lowest BCUT2D eigenvalue weighted by Gasteiger charge is -2.18. The molecule has 108 valence electrons. The molecule has 1 aromatic carbocycles. The molecule has 0 aliphatic heterocycles. The van der Waals surface area contributed by atoms with E-state index < -0.39 is 0 Å². The van der Waals surface area contributed by atoms with E-state index in [1.165, 1.54) is 11.1 Å². The van der Waals surface area contributed by atoms with E-state index >= 15 is 0 Å². The molecule has 0 saturated heterocycles. The first kappa shape index (κ1) is 16.2. The van der Waals surface area contributed by atoms with Gasteiger partial charge in [0.1, 0.15) is 0 Å². The monoisotopic (exact) mass is 264 g/mol. The number of hydrogen-bond acceptors (Lipinski definition) is 3. The zero-order valence-corrected chi connectivity index (χ0v) is 12.2. The van der Waals surface area contributed by atoms with E-state index in [2.05, 4.69) is 43.4 Å². The van der Waals surface area contributed by atoms with Crippen molar-refractivity contribution in [2.75, 3.05) is 19.7 Å². The lowest BCUT2D eigenvalue weighted by Crippen LogP contribution is -2.29. The van der Waals surface area contributed by atoms with Crippen molar-refractivity contribution in [3.63, 3.8) is 0 Å². The zero-order chi connectivity index (χ0) is 14.1. The van der Waals surface area contributed by atoms with Crippen molar-refractivity contribution >= 4 is 0 Å². The first-order valence-electron chi connectivity index (χ1n) is 7.33. The molecule has 1 aromatic rings. The Balaban J connectivity index is 2.45. The van der Waals surface area contributed by atoms with Crippen LogP contribution in [-0.4, -0.2) is 24.8 Å². The van der Waals surface area contributed by atoms with Crippen LogP contribution in [0.3, 0.4) is 0 Å². The van der Waals surface area contributed by atoms with E-state index in [0.29, 0.717) is 12.5 Å². The average molecular weight is 264 g/mol. The number of hydrogen-bond donors (Lipinski definition) is 3. The number of nitrogens with two attached hydrogens (primary N) is 1. The number of unbranched alkanes of at least 4 members (excludes halogenated alkanes) is 2. The molecule has 1 atom stereocenters. The molecule has 0 aromatic heterocycles. The topological polar surface area (TPSA) is 58.3 Å². The summed E-state index contributed by atoms with van der Waals surface area (Å²) in [5, 5.41) is 12.2. The SMILES string of the molecule is CC(C)c1ccc(C(CN)NCCCCCO)cc1. The highest BCUT2D eigenvalue weighted by Crippen LogP contribution is 2.18. The Morgan fingerprint density at radius 1 is 1.05 bits per heavy atom. The summed E-state index contributed by atoms with van der Waals surface area (Å²) in [5.41, 5.74) is 8.46. The lowest BCUT2D eigenvalue weighted by atomic mass is 9.99.